The van der Waals surface area contributed by atoms with Gasteiger partial charge in [0.2, 0.25) is 0 Å². The third-order valence-electron chi connectivity index (χ3n) is 4.09. The number of hydrogen-bond acceptors (Lipinski definition) is 3. The molecule has 2 aliphatic rings. The van der Waals surface area contributed by atoms with Gasteiger partial charge in [-0.05, 0) is 25.7 Å². The highest BCUT2D eigenvalue weighted by Crippen LogP contribution is 2.24. The Bertz CT molecular complexity index is 204. The van der Waals surface area contributed by atoms with E-state index in [0.29, 0.717) is 5.54 Å². The van der Waals surface area contributed by atoms with Crippen molar-refractivity contribution >= 4 is 0 Å². The second-order valence-corrected chi connectivity index (χ2v) is 5.20. The Balaban J connectivity index is 1.92. The fourth-order valence-electron chi connectivity index (χ4n) is 2.65. The molecule has 0 spiro atoms. The van der Waals surface area contributed by atoms with Crippen LogP contribution in [0.5, 0.6) is 0 Å². The summed E-state index contributed by atoms with van der Waals surface area (Å²) in [6.45, 7) is 11.3. The lowest BCUT2D eigenvalue weighted by Crippen LogP contribution is -2.60. The van der Waals surface area contributed by atoms with E-state index in [-0.39, 0.29) is 0 Å². The van der Waals surface area contributed by atoms with Crippen LogP contribution in [0.4, 0.5) is 0 Å². The van der Waals surface area contributed by atoms with Crippen LogP contribution >= 0.6 is 0 Å². The summed E-state index contributed by atoms with van der Waals surface area (Å²) in [5.41, 5.74) is 0.362. The van der Waals surface area contributed by atoms with Crippen molar-refractivity contribution in [3.63, 3.8) is 0 Å². The lowest BCUT2D eigenvalue weighted by atomic mass is 9.92. The number of ether oxygens (including phenoxy) is 1. The van der Waals surface area contributed by atoms with Crippen LogP contribution in [0.3, 0.4) is 0 Å². The minimum atomic E-state index is 0.362. The maximum Gasteiger partial charge on any atom is 0.0507 e. The highest BCUT2D eigenvalue weighted by molar-refractivity contribution is 4.92. The maximum atomic E-state index is 5.46. The van der Waals surface area contributed by atoms with Gasteiger partial charge in [0, 0.05) is 38.3 Å². The van der Waals surface area contributed by atoms with Gasteiger partial charge in [-0.2, -0.15) is 0 Å². The molecule has 0 aromatic rings. The summed E-state index contributed by atoms with van der Waals surface area (Å²) in [6, 6.07) is 0. The van der Waals surface area contributed by atoms with E-state index in [1.54, 1.807) is 0 Å². The summed E-state index contributed by atoms with van der Waals surface area (Å²) in [5, 5.41) is 3.51. The summed E-state index contributed by atoms with van der Waals surface area (Å²) in [6.07, 6.45) is 2.48. The Morgan fingerprint density at radius 1 is 1.53 bits per heavy atom. The topological polar surface area (TPSA) is 24.5 Å². The second-order valence-electron chi connectivity index (χ2n) is 5.20. The molecule has 2 heterocycles. The van der Waals surface area contributed by atoms with E-state index in [4.69, 9.17) is 4.74 Å². The van der Waals surface area contributed by atoms with Gasteiger partial charge in [-0.3, -0.25) is 4.90 Å². The molecule has 0 aliphatic carbocycles. The number of hydrogen-bond donors (Lipinski definition) is 1. The van der Waals surface area contributed by atoms with Crippen LogP contribution in [0.1, 0.15) is 26.7 Å². The molecule has 0 amide bonds. The first-order valence-corrected chi connectivity index (χ1v) is 6.28. The van der Waals surface area contributed by atoms with Crippen molar-refractivity contribution in [2.45, 2.75) is 32.2 Å². The predicted octanol–water partition coefficient (Wildman–Crippen LogP) is 1.10. The molecular formula is C12H24N2O. The molecule has 0 saturated carbocycles. The molecule has 1 N–H and O–H groups in total. The van der Waals surface area contributed by atoms with Gasteiger partial charge in [0.15, 0.2) is 0 Å². The quantitative estimate of drug-likeness (QED) is 0.758. The van der Waals surface area contributed by atoms with Gasteiger partial charge in [-0.15, -0.1) is 0 Å². The lowest BCUT2D eigenvalue weighted by molar-refractivity contribution is 0.0523. The van der Waals surface area contributed by atoms with Crippen LogP contribution in [-0.2, 0) is 4.74 Å². The highest BCUT2D eigenvalue weighted by Gasteiger charge is 2.34. The van der Waals surface area contributed by atoms with E-state index in [9.17, 15) is 0 Å². The molecule has 0 aromatic heterocycles. The molecule has 0 bridgehead atoms. The largest absolute Gasteiger partial charge is 0.381 e. The number of nitrogens with zero attached hydrogens (tertiary/aromatic N) is 1. The van der Waals surface area contributed by atoms with Gasteiger partial charge in [-0.25, -0.2) is 0 Å². The van der Waals surface area contributed by atoms with Crippen molar-refractivity contribution in [1.29, 1.82) is 0 Å². The summed E-state index contributed by atoms with van der Waals surface area (Å²) < 4.78 is 5.46. The van der Waals surface area contributed by atoms with Crippen LogP contribution < -0.4 is 5.32 Å². The SMILES string of the molecule is CCC1(C)CNCCN1CC1CCOC1. The van der Waals surface area contributed by atoms with Crippen LogP contribution in [-0.4, -0.2) is 49.8 Å². The highest BCUT2D eigenvalue weighted by atomic mass is 16.5. The zero-order chi connectivity index (χ0) is 10.7. The molecule has 2 rings (SSSR count). The zero-order valence-corrected chi connectivity index (χ0v) is 10.1. The van der Waals surface area contributed by atoms with Crippen molar-refractivity contribution in [3.05, 3.63) is 0 Å². The smallest absolute Gasteiger partial charge is 0.0507 e. The first-order valence-electron chi connectivity index (χ1n) is 6.28. The van der Waals surface area contributed by atoms with Gasteiger partial charge in [0.25, 0.3) is 0 Å². The predicted molar refractivity (Wildman–Crippen MR) is 62.1 cm³/mol. The van der Waals surface area contributed by atoms with Crippen LogP contribution in [0, 0.1) is 5.92 Å². The minimum absolute atomic E-state index is 0.362. The summed E-state index contributed by atoms with van der Waals surface area (Å²) in [4.78, 5) is 2.67. The molecule has 0 radical (unpaired) electrons. The minimum Gasteiger partial charge on any atom is -0.381 e. The fraction of sp³-hybridized carbons (Fsp3) is 1.00. The maximum absolute atomic E-state index is 5.46. The first-order chi connectivity index (χ1) is 7.24. The summed E-state index contributed by atoms with van der Waals surface area (Å²) in [5.74, 6) is 0.772. The Morgan fingerprint density at radius 2 is 2.40 bits per heavy atom. The molecule has 3 nitrogen and oxygen atoms in total. The van der Waals surface area contributed by atoms with Crippen molar-refractivity contribution in [3.8, 4) is 0 Å². The molecular weight excluding hydrogens is 188 g/mol. The Hall–Kier alpha value is -0.120. The lowest BCUT2D eigenvalue weighted by Gasteiger charge is -2.45. The Morgan fingerprint density at radius 3 is 3.07 bits per heavy atom. The van der Waals surface area contributed by atoms with Crippen LogP contribution in [0.15, 0.2) is 0 Å². The zero-order valence-electron chi connectivity index (χ0n) is 10.1. The number of nitrogens with one attached hydrogen (secondary N) is 1. The normalized spacial score (nSPS) is 38.4. The van der Waals surface area contributed by atoms with Crippen molar-refractivity contribution in [2.24, 2.45) is 5.92 Å². The monoisotopic (exact) mass is 212 g/mol. The van der Waals surface area contributed by atoms with Gasteiger partial charge >= 0.3 is 0 Å². The molecule has 15 heavy (non-hydrogen) atoms. The summed E-state index contributed by atoms with van der Waals surface area (Å²) in [7, 11) is 0. The van der Waals surface area contributed by atoms with Crippen LogP contribution in [0.25, 0.3) is 0 Å². The van der Waals surface area contributed by atoms with E-state index in [2.05, 4.69) is 24.1 Å². The van der Waals surface area contributed by atoms with Crippen molar-refractivity contribution in [2.75, 3.05) is 39.4 Å². The standard InChI is InChI=1S/C12H24N2O/c1-3-12(2)10-13-5-6-14(12)8-11-4-7-15-9-11/h11,13H,3-10H2,1-2H3. The Kier molecular flexibility index (Phi) is 3.65. The van der Waals surface area contributed by atoms with Gasteiger partial charge in [0.05, 0.1) is 6.61 Å². The van der Waals surface area contributed by atoms with Gasteiger partial charge in [0.1, 0.15) is 0 Å². The number of piperazine rings is 1. The first kappa shape index (κ1) is 11.4. The second kappa shape index (κ2) is 4.81. The molecule has 2 atom stereocenters. The van der Waals surface area contributed by atoms with Gasteiger partial charge in [-0.1, -0.05) is 6.92 Å². The third kappa shape index (κ3) is 2.52. The van der Waals surface area contributed by atoms with E-state index in [1.165, 1.54) is 25.9 Å². The third-order valence-corrected chi connectivity index (χ3v) is 4.09. The molecule has 2 unspecified atom stereocenters. The molecule has 3 heteroatoms. The summed E-state index contributed by atoms with van der Waals surface area (Å²) >= 11 is 0. The molecule has 0 aromatic carbocycles. The van der Waals surface area contributed by atoms with E-state index in [0.717, 1.165) is 32.2 Å². The Labute approximate surface area is 93.2 Å². The molecule has 2 saturated heterocycles. The van der Waals surface area contributed by atoms with Gasteiger partial charge < -0.3 is 10.1 Å². The average molecular weight is 212 g/mol. The van der Waals surface area contributed by atoms with E-state index < -0.39 is 0 Å². The van der Waals surface area contributed by atoms with E-state index >= 15 is 0 Å². The number of rotatable bonds is 3. The van der Waals surface area contributed by atoms with Crippen molar-refractivity contribution in [1.82, 2.24) is 10.2 Å². The molecule has 2 fully saturated rings. The van der Waals surface area contributed by atoms with Crippen LogP contribution in [0.2, 0.25) is 0 Å². The average Bonchev–Trinajstić information content (AvgIpc) is 2.74. The van der Waals surface area contributed by atoms with Crippen molar-refractivity contribution < 1.29 is 4.74 Å². The van der Waals surface area contributed by atoms with E-state index in [1.807, 2.05) is 0 Å². The molecule has 88 valence electrons. The fourth-order valence-corrected chi connectivity index (χ4v) is 2.65. The molecule has 2 aliphatic heterocycles.